The first-order valence-electron chi connectivity index (χ1n) is 10.4. The standard InChI is InChI=1S/C25H22Cl2N2O2S/c1-2-6-16-7-3-4-10-22(16)29-23(30)15-32-25(29)17-8-5-9-19(13-17)28-24(31)20-12-11-18(26)14-21(20)27/h3-5,7-14,25H,2,6,15H2,1H3,(H,28,31). The lowest BCUT2D eigenvalue weighted by molar-refractivity contribution is -0.115. The summed E-state index contributed by atoms with van der Waals surface area (Å²) in [5, 5.41) is 3.51. The summed E-state index contributed by atoms with van der Waals surface area (Å²) in [6, 6.07) is 20.4. The normalized spacial score (nSPS) is 15.8. The van der Waals surface area contributed by atoms with Gasteiger partial charge in [0.2, 0.25) is 5.91 Å². The molecule has 1 fully saturated rings. The second-order valence-corrected chi connectivity index (χ2v) is 9.42. The average Bonchev–Trinajstić information content (AvgIpc) is 3.15. The van der Waals surface area contributed by atoms with Gasteiger partial charge in [-0.05, 0) is 53.9 Å². The van der Waals surface area contributed by atoms with Crippen molar-refractivity contribution in [3.63, 3.8) is 0 Å². The summed E-state index contributed by atoms with van der Waals surface area (Å²) in [7, 11) is 0. The molecular formula is C25H22Cl2N2O2S. The maximum atomic E-state index is 12.8. The number of rotatable bonds is 6. The first kappa shape index (κ1) is 22.7. The Morgan fingerprint density at radius 3 is 2.69 bits per heavy atom. The van der Waals surface area contributed by atoms with Crippen molar-refractivity contribution in [3.05, 3.63) is 93.5 Å². The Labute approximate surface area is 201 Å². The Morgan fingerprint density at radius 2 is 1.91 bits per heavy atom. The van der Waals surface area contributed by atoms with Crippen LogP contribution in [0.2, 0.25) is 10.0 Å². The van der Waals surface area contributed by atoms with E-state index in [0.717, 1.165) is 29.7 Å². The molecule has 0 aromatic heterocycles. The van der Waals surface area contributed by atoms with Crippen LogP contribution in [0.1, 0.15) is 40.2 Å². The topological polar surface area (TPSA) is 49.4 Å². The highest BCUT2D eigenvalue weighted by Gasteiger charge is 2.35. The van der Waals surface area contributed by atoms with Gasteiger partial charge < -0.3 is 5.32 Å². The highest BCUT2D eigenvalue weighted by atomic mass is 35.5. The second kappa shape index (κ2) is 9.99. The fourth-order valence-corrected chi connectivity index (χ4v) is 5.45. The van der Waals surface area contributed by atoms with E-state index in [0.29, 0.717) is 27.0 Å². The van der Waals surface area contributed by atoms with Crippen molar-refractivity contribution in [2.24, 2.45) is 0 Å². The van der Waals surface area contributed by atoms with Gasteiger partial charge in [0, 0.05) is 16.4 Å². The molecule has 0 radical (unpaired) electrons. The van der Waals surface area contributed by atoms with Crippen LogP contribution < -0.4 is 10.2 Å². The number of carbonyl (C=O) groups is 2. The smallest absolute Gasteiger partial charge is 0.257 e. The fraction of sp³-hybridized carbons (Fsp3) is 0.200. The Bertz CT molecular complexity index is 1170. The van der Waals surface area contributed by atoms with Gasteiger partial charge in [-0.3, -0.25) is 14.5 Å². The predicted molar refractivity (Wildman–Crippen MR) is 134 cm³/mol. The minimum absolute atomic E-state index is 0.0888. The molecule has 164 valence electrons. The number of hydrogen-bond acceptors (Lipinski definition) is 3. The van der Waals surface area contributed by atoms with Gasteiger partial charge in [-0.2, -0.15) is 0 Å². The maximum absolute atomic E-state index is 12.8. The molecule has 4 rings (SSSR count). The summed E-state index contributed by atoms with van der Waals surface area (Å²) >= 11 is 13.7. The molecule has 32 heavy (non-hydrogen) atoms. The molecule has 1 aliphatic rings. The van der Waals surface area contributed by atoms with E-state index in [9.17, 15) is 9.59 Å². The number of benzene rings is 3. The fourth-order valence-electron chi connectivity index (χ4n) is 3.80. The van der Waals surface area contributed by atoms with Crippen LogP contribution >= 0.6 is 35.0 Å². The lowest BCUT2D eigenvalue weighted by Crippen LogP contribution is -2.28. The number of carbonyl (C=O) groups excluding carboxylic acids is 2. The summed E-state index contributed by atoms with van der Waals surface area (Å²) in [5.74, 6) is 0.192. The Hall–Kier alpha value is -2.47. The largest absolute Gasteiger partial charge is 0.322 e. The van der Waals surface area contributed by atoms with Gasteiger partial charge in [0.25, 0.3) is 5.91 Å². The second-order valence-electron chi connectivity index (χ2n) is 7.51. The first-order chi connectivity index (χ1) is 15.5. The first-order valence-corrected chi connectivity index (χ1v) is 12.2. The molecule has 0 bridgehead atoms. The van der Waals surface area contributed by atoms with Crippen LogP contribution in [0.4, 0.5) is 11.4 Å². The van der Waals surface area contributed by atoms with E-state index < -0.39 is 0 Å². The van der Waals surface area contributed by atoms with Crippen LogP contribution in [0.15, 0.2) is 66.7 Å². The van der Waals surface area contributed by atoms with Gasteiger partial charge in [0.05, 0.1) is 16.3 Å². The van der Waals surface area contributed by atoms with E-state index >= 15 is 0 Å². The third kappa shape index (κ3) is 4.80. The van der Waals surface area contributed by atoms with Crippen molar-refractivity contribution in [1.29, 1.82) is 0 Å². The molecule has 0 aliphatic carbocycles. The molecule has 1 aliphatic heterocycles. The van der Waals surface area contributed by atoms with Crippen LogP contribution in [0.3, 0.4) is 0 Å². The summed E-state index contributed by atoms with van der Waals surface area (Å²) in [5.41, 5.74) is 4.06. The van der Waals surface area contributed by atoms with Gasteiger partial charge in [-0.1, -0.05) is 66.9 Å². The van der Waals surface area contributed by atoms with Gasteiger partial charge in [0.15, 0.2) is 0 Å². The predicted octanol–water partition coefficient (Wildman–Crippen LogP) is 6.98. The molecule has 1 unspecified atom stereocenters. The number of anilines is 2. The number of amides is 2. The van der Waals surface area contributed by atoms with Crippen LogP contribution in [0.5, 0.6) is 0 Å². The minimum atomic E-state index is -0.316. The Kier molecular flexibility index (Phi) is 7.09. The molecule has 1 saturated heterocycles. The molecule has 4 nitrogen and oxygen atoms in total. The van der Waals surface area contributed by atoms with Gasteiger partial charge in [-0.15, -0.1) is 11.8 Å². The van der Waals surface area contributed by atoms with E-state index in [4.69, 9.17) is 23.2 Å². The molecular weight excluding hydrogens is 463 g/mol. The third-order valence-electron chi connectivity index (χ3n) is 5.24. The zero-order valence-corrected chi connectivity index (χ0v) is 19.8. The monoisotopic (exact) mass is 484 g/mol. The molecule has 1 heterocycles. The van der Waals surface area contributed by atoms with Crippen LogP contribution in [-0.2, 0) is 11.2 Å². The number of thioether (sulfide) groups is 1. The number of nitrogens with zero attached hydrogens (tertiary/aromatic N) is 1. The third-order valence-corrected chi connectivity index (χ3v) is 7.00. The lowest BCUT2D eigenvalue weighted by atomic mass is 10.1. The van der Waals surface area contributed by atoms with Gasteiger partial charge in [-0.25, -0.2) is 0 Å². The molecule has 0 spiro atoms. The number of aryl methyl sites for hydroxylation is 1. The average molecular weight is 485 g/mol. The van der Waals surface area contributed by atoms with Gasteiger partial charge in [0.1, 0.15) is 5.37 Å². The SMILES string of the molecule is CCCc1ccccc1N1C(=O)CSC1c1cccc(NC(=O)c2ccc(Cl)cc2Cl)c1. The molecule has 1 N–H and O–H groups in total. The van der Waals surface area contributed by atoms with Crippen LogP contribution in [0.25, 0.3) is 0 Å². The molecule has 7 heteroatoms. The van der Waals surface area contributed by atoms with Crippen molar-refractivity contribution in [1.82, 2.24) is 0 Å². The number of nitrogens with one attached hydrogen (secondary N) is 1. The van der Waals surface area contributed by atoms with E-state index in [1.165, 1.54) is 0 Å². The molecule has 3 aromatic carbocycles. The van der Waals surface area contributed by atoms with Gasteiger partial charge >= 0.3 is 0 Å². The highest BCUT2D eigenvalue weighted by Crippen LogP contribution is 2.43. The van der Waals surface area contributed by atoms with E-state index in [-0.39, 0.29) is 17.2 Å². The number of hydrogen-bond donors (Lipinski definition) is 1. The van der Waals surface area contributed by atoms with Crippen molar-refractivity contribution < 1.29 is 9.59 Å². The Balaban J connectivity index is 1.61. The summed E-state index contributed by atoms with van der Waals surface area (Å²) in [6.45, 7) is 2.13. The number of para-hydroxylation sites is 1. The highest BCUT2D eigenvalue weighted by molar-refractivity contribution is 8.00. The quantitative estimate of drug-likeness (QED) is 0.410. The summed E-state index contributed by atoms with van der Waals surface area (Å²) in [4.78, 5) is 27.4. The number of halogens is 2. The van der Waals surface area contributed by atoms with Crippen molar-refractivity contribution >= 4 is 58.2 Å². The van der Waals surface area contributed by atoms with Crippen molar-refractivity contribution in [3.8, 4) is 0 Å². The molecule has 1 atom stereocenters. The van der Waals surface area contributed by atoms with E-state index in [1.807, 2.05) is 47.4 Å². The molecule has 3 aromatic rings. The molecule has 2 amide bonds. The van der Waals surface area contributed by atoms with Crippen molar-refractivity contribution in [2.75, 3.05) is 16.0 Å². The summed E-state index contributed by atoms with van der Waals surface area (Å²) in [6.07, 6.45) is 1.92. The van der Waals surface area contributed by atoms with Crippen molar-refractivity contribution in [2.45, 2.75) is 25.1 Å². The molecule has 0 saturated carbocycles. The zero-order valence-electron chi connectivity index (χ0n) is 17.5. The minimum Gasteiger partial charge on any atom is -0.322 e. The Morgan fingerprint density at radius 1 is 1.09 bits per heavy atom. The van der Waals surface area contributed by atoms with E-state index in [1.54, 1.807) is 30.0 Å². The van der Waals surface area contributed by atoms with Crippen LogP contribution in [-0.4, -0.2) is 17.6 Å². The lowest BCUT2D eigenvalue weighted by Gasteiger charge is -2.27. The van der Waals surface area contributed by atoms with Crippen LogP contribution in [0, 0.1) is 0 Å². The summed E-state index contributed by atoms with van der Waals surface area (Å²) < 4.78 is 0. The zero-order chi connectivity index (χ0) is 22.7. The van der Waals surface area contributed by atoms with E-state index in [2.05, 4.69) is 18.3 Å². The maximum Gasteiger partial charge on any atom is 0.257 e.